The maximum atomic E-state index is 12.6. The van der Waals surface area contributed by atoms with E-state index >= 15 is 0 Å². The van der Waals surface area contributed by atoms with Crippen LogP contribution in [0.4, 0.5) is 11.5 Å². The van der Waals surface area contributed by atoms with Gasteiger partial charge in [0.15, 0.2) is 13.6 Å². The van der Waals surface area contributed by atoms with Crippen LogP contribution in [0.15, 0.2) is 24.4 Å². The van der Waals surface area contributed by atoms with Crippen molar-refractivity contribution < 1.29 is 28.5 Å². The number of esters is 1. The zero-order valence-electron chi connectivity index (χ0n) is 18.4. The average Bonchev–Trinajstić information content (AvgIpc) is 3.22. The number of methoxy groups -OCH3 is 3. The maximum Gasteiger partial charge on any atom is 0.343 e. The van der Waals surface area contributed by atoms with Crippen LogP contribution in [0.1, 0.15) is 42.5 Å². The molecule has 1 aromatic carbocycles. The van der Waals surface area contributed by atoms with Gasteiger partial charge in [0.25, 0.3) is 0 Å². The van der Waals surface area contributed by atoms with Crippen LogP contribution in [0.3, 0.4) is 0 Å². The summed E-state index contributed by atoms with van der Waals surface area (Å²) < 4.78 is 28.2. The molecule has 2 aromatic rings. The third-order valence-corrected chi connectivity index (χ3v) is 5.28. The van der Waals surface area contributed by atoms with Crippen molar-refractivity contribution in [3.63, 3.8) is 0 Å². The highest BCUT2D eigenvalue weighted by Gasteiger charge is 2.23. The molecule has 0 radical (unpaired) electrons. The number of hydrogen-bond donors (Lipinski definition) is 1. The van der Waals surface area contributed by atoms with Crippen LogP contribution in [0, 0.1) is 5.92 Å². The Balaban J connectivity index is 1.92. The van der Waals surface area contributed by atoms with E-state index < -0.39 is 5.97 Å². The number of aromatic nitrogens is 2. The Hall–Kier alpha value is -2.78. The molecule has 1 aromatic heterocycles. The van der Waals surface area contributed by atoms with Gasteiger partial charge in [-0.15, -0.1) is 0 Å². The summed E-state index contributed by atoms with van der Waals surface area (Å²) in [6, 6.07) is 5.19. The van der Waals surface area contributed by atoms with Crippen LogP contribution >= 0.6 is 0 Å². The first-order chi connectivity index (χ1) is 15.2. The highest BCUT2D eigenvalue weighted by atomic mass is 16.7. The van der Waals surface area contributed by atoms with Gasteiger partial charge in [-0.1, -0.05) is 19.3 Å². The molecule has 0 aliphatic heterocycles. The predicted molar refractivity (Wildman–Crippen MR) is 115 cm³/mol. The summed E-state index contributed by atoms with van der Waals surface area (Å²) in [6.07, 6.45) is 8.00. The lowest BCUT2D eigenvalue weighted by atomic mass is 9.89. The summed E-state index contributed by atoms with van der Waals surface area (Å²) in [5.41, 5.74) is 0.728. The molecule has 170 valence electrons. The molecule has 3 rings (SSSR count). The topological polar surface area (TPSA) is 93.1 Å². The second-order valence-electron chi connectivity index (χ2n) is 7.46. The molecule has 1 N–H and O–H groups in total. The van der Waals surface area contributed by atoms with Crippen molar-refractivity contribution in [2.75, 3.05) is 40.2 Å². The van der Waals surface area contributed by atoms with Crippen molar-refractivity contribution in [2.24, 2.45) is 5.92 Å². The monoisotopic (exact) mass is 433 g/mol. The van der Waals surface area contributed by atoms with Crippen LogP contribution in [-0.4, -0.2) is 50.7 Å². The van der Waals surface area contributed by atoms with Crippen molar-refractivity contribution in [2.45, 2.75) is 38.6 Å². The van der Waals surface area contributed by atoms with E-state index in [9.17, 15) is 4.79 Å². The number of hydrogen-bond acceptors (Lipinski definition) is 8. The van der Waals surface area contributed by atoms with Crippen LogP contribution in [0.5, 0.6) is 11.5 Å². The third-order valence-electron chi connectivity index (χ3n) is 5.28. The summed E-state index contributed by atoms with van der Waals surface area (Å²) in [4.78, 5) is 12.6. The van der Waals surface area contributed by atoms with E-state index in [0.29, 0.717) is 17.4 Å². The molecule has 0 unspecified atom stereocenters. The zero-order chi connectivity index (χ0) is 22.1. The van der Waals surface area contributed by atoms with Crippen molar-refractivity contribution >= 4 is 17.5 Å². The average molecular weight is 434 g/mol. The summed E-state index contributed by atoms with van der Waals surface area (Å²) in [7, 11) is 4.37. The molecule has 1 heterocycles. The highest BCUT2D eigenvalue weighted by Crippen LogP contribution is 2.35. The minimum absolute atomic E-state index is 0.0310. The van der Waals surface area contributed by atoms with Gasteiger partial charge in [0, 0.05) is 39.0 Å². The smallest absolute Gasteiger partial charge is 0.343 e. The van der Waals surface area contributed by atoms with Gasteiger partial charge < -0.3 is 29.0 Å². The zero-order valence-corrected chi connectivity index (χ0v) is 18.4. The largest absolute Gasteiger partial charge is 0.467 e. The number of rotatable bonds is 11. The molecule has 1 aliphatic rings. The predicted octanol–water partition coefficient (Wildman–Crippen LogP) is 3.96. The van der Waals surface area contributed by atoms with Gasteiger partial charge in [0.1, 0.15) is 22.9 Å². The maximum absolute atomic E-state index is 12.6. The van der Waals surface area contributed by atoms with E-state index in [0.717, 1.165) is 12.4 Å². The van der Waals surface area contributed by atoms with Gasteiger partial charge >= 0.3 is 5.97 Å². The van der Waals surface area contributed by atoms with E-state index in [1.807, 2.05) is 10.7 Å². The highest BCUT2D eigenvalue weighted by molar-refractivity contribution is 5.99. The Morgan fingerprint density at radius 2 is 1.84 bits per heavy atom. The molecular weight excluding hydrogens is 402 g/mol. The summed E-state index contributed by atoms with van der Waals surface area (Å²) in [5, 5.41) is 7.80. The fraction of sp³-hybridized carbons (Fsp3) is 0.545. The summed E-state index contributed by atoms with van der Waals surface area (Å²) in [5.74, 6) is 1.60. The van der Waals surface area contributed by atoms with Crippen molar-refractivity contribution in [1.82, 2.24) is 9.78 Å². The Bertz CT molecular complexity index is 848. The molecule has 0 amide bonds. The molecule has 0 atom stereocenters. The molecule has 1 aliphatic carbocycles. The quantitative estimate of drug-likeness (QED) is 0.420. The van der Waals surface area contributed by atoms with Crippen LogP contribution in [0.2, 0.25) is 0 Å². The first kappa shape index (κ1) is 22.9. The van der Waals surface area contributed by atoms with Crippen LogP contribution in [0.25, 0.3) is 0 Å². The van der Waals surface area contributed by atoms with Gasteiger partial charge in [-0.3, -0.25) is 0 Å². The number of nitrogens with one attached hydrogen (secondary N) is 1. The fourth-order valence-corrected chi connectivity index (χ4v) is 3.78. The van der Waals surface area contributed by atoms with Gasteiger partial charge in [-0.2, -0.15) is 5.10 Å². The van der Waals surface area contributed by atoms with Gasteiger partial charge in [-0.25, -0.2) is 9.48 Å². The molecular formula is C22H31N3O6. The van der Waals surface area contributed by atoms with Crippen LogP contribution < -0.4 is 14.8 Å². The minimum Gasteiger partial charge on any atom is -0.467 e. The first-order valence-corrected chi connectivity index (χ1v) is 10.4. The van der Waals surface area contributed by atoms with Gasteiger partial charge in [0.05, 0.1) is 19.0 Å². The van der Waals surface area contributed by atoms with E-state index in [2.05, 4.69) is 10.4 Å². The lowest BCUT2D eigenvalue weighted by Crippen LogP contribution is -2.17. The molecule has 0 bridgehead atoms. The first-order valence-electron chi connectivity index (χ1n) is 10.4. The summed E-state index contributed by atoms with van der Waals surface area (Å²) >= 11 is 0. The molecule has 31 heavy (non-hydrogen) atoms. The number of carbonyl (C=O) groups excluding carboxylic acids is 1. The van der Waals surface area contributed by atoms with Gasteiger partial charge in [-0.05, 0) is 18.8 Å². The molecule has 9 nitrogen and oxygen atoms in total. The number of anilines is 2. The normalized spacial score (nSPS) is 14.3. The minimum atomic E-state index is -0.537. The lowest BCUT2D eigenvalue weighted by molar-refractivity contribution is 0.0436. The SMILES string of the molecule is COCOc1cc(Nc2ccnn2CC2CCCCC2)c(C(=O)OC)c(OCOC)c1. The van der Waals surface area contributed by atoms with Crippen LogP contribution in [-0.2, 0) is 20.8 Å². The number of nitrogens with zero attached hydrogens (tertiary/aromatic N) is 2. The third kappa shape index (κ3) is 6.11. The van der Waals surface area contributed by atoms with Crippen molar-refractivity contribution in [3.8, 4) is 11.5 Å². The molecule has 0 spiro atoms. The fourth-order valence-electron chi connectivity index (χ4n) is 3.78. The molecule has 9 heteroatoms. The Morgan fingerprint density at radius 1 is 1.10 bits per heavy atom. The summed E-state index contributed by atoms with van der Waals surface area (Å²) in [6.45, 7) is 0.854. The second kappa shape index (κ2) is 11.6. The number of ether oxygens (including phenoxy) is 5. The number of benzene rings is 1. The lowest BCUT2D eigenvalue weighted by Gasteiger charge is -2.23. The standard InChI is InChI=1S/C22H31N3O6/c1-27-14-30-17-11-18(21(22(26)29-3)19(12-17)31-15-28-2)24-20-9-10-23-25(20)13-16-7-5-4-6-8-16/h9-12,16,24H,4-8,13-15H2,1-3H3. The molecule has 1 fully saturated rings. The number of carbonyl (C=O) groups is 1. The van der Waals surface area contributed by atoms with E-state index in [4.69, 9.17) is 23.7 Å². The van der Waals surface area contributed by atoms with Gasteiger partial charge in [0.2, 0.25) is 0 Å². The van der Waals surface area contributed by atoms with Crippen molar-refractivity contribution in [1.29, 1.82) is 0 Å². The Kier molecular flexibility index (Phi) is 8.54. The van der Waals surface area contributed by atoms with E-state index in [-0.39, 0.29) is 24.9 Å². The second-order valence-corrected chi connectivity index (χ2v) is 7.46. The molecule has 0 saturated heterocycles. The Morgan fingerprint density at radius 3 is 2.55 bits per heavy atom. The van der Waals surface area contributed by atoms with E-state index in [1.165, 1.54) is 53.4 Å². The van der Waals surface area contributed by atoms with Crippen molar-refractivity contribution in [3.05, 3.63) is 30.0 Å². The van der Waals surface area contributed by atoms with E-state index in [1.54, 1.807) is 18.3 Å². The Labute approximate surface area is 182 Å². The molecule has 1 saturated carbocycles.